The monoisotopic (exact) mass is 479 g/mol. The van der Waals surface area contributed by atoms with E-state index in [1.807, 2.05) is 18.2 Å². The van der Waals surface area contributed by atoms with Crippen molar-refractivity contribution >= 4 is 38.9 Å². The largest absolute Gasteiger partial charge is 0.441 e. The molecule has 3 heterocycles. The number of hydrogen-bond acceptors (Lipinski definition) is 6. The lowest BCUT2D eigenvalue weighted by molar-refractivity contribution is -0.132. The van der Waals surface area contributed by atoms with Crippen LogP contribution in [-0.4, -0.2) is 43.3 Å². The molecule has 2 aromatic heterocycles. The number of sulfonamides is 1. The molecular formula is C21H22ClN3O4S2. The van der Waals surface area contributed by atoms with Crippen LogP contribution in [0.1, 0.15) is 25.2 Å². The van der Waals surface area contributed by atoms with Gasteiger partial charge in [-0.25, -0.2) is 18.1 Å². The Morgan fingerprint density at radius 2 is 2.00 bits per heavy atom. The van der Waals surface area contributed by atoms with Crippen molar-refractivity contribution in [1.82, 2.24) is 14.6 Å². The smallest absolute Gasteiger partial charge is 0.250 e. The molecule has 7 nitrogen and oxygen atoms in total. The average molecular weight is 480 g/mol. The molecule has 3 aromatic rings. The Morgan fingerprint density at radius 1 is 1.23 bits per heavy atom. The van der Waals surface area contributed by atoms with Crippen molar-refractivity contribution < 1.29 is 17.6 Å². The molecule has 4 rings (SSSR count). The van der Waals surface area contributed by atoms with Crippen LogP contribution in [0.5, 0.6) is 0 Å². The van der Waals surface area contributed by atoms with E-state index in [4.69, 9.17) is 16.0 Å². The van der Waals surface area contributed by atoms with Crippen LogP contribution in [0.3, 0.4) is 0 Å². The molecule has 0 unspecified atom stereocenters. The lowest BCUT2D eigenvalue weighted by Gasteiger charge is -2.32. The maximum Gasteiger partial charge on any atom is 0.250 e. The Kier molecular flexibility index (Phi) is 6.76. The Bertz CT molecular complexity index is 1140. The van der Waals surface area contributed by atoms with Gasteiger partial charge < -0.3 is 9.32 Å². The molecule has 1 fully saturated rings. The van der Waals surface area contributed by atoms with Crippen LogP contribution in [0.25, 0.3) is 11.3 Å². The number of nitrogens with one attached hydrogen (secondary N) is 1. The number of oxazole rings is 1. The number of thiophene rings is 1. The number of nitrogens with zero attached hydrogens (tertiary/aromatic N) is 2. The Labute approximate surface area is 190 Å². The quantitative estimate of drug-likeness (QED) is 0.553. The molecule has 0 atom stereocenters. The molecule has 0 bridgehead atoms. The minimum atomic E-state index is -3.49. The molecule has 0 spiro atoms. The Balaban J connectivity index is 1.26. The van der Waals surface area contributed by atoms with Crippen LogP contribution in [-0.2, 0) is 21.2 Å². The van der Waals surface area contributed by atoms with Crippen LogP contribution in [0.4, 0.5) is 0 Å². The number of hydrogen-bond donors (Lipinski definition) is 1. The molecule has 0 saturated carbocycles. The molecule has 0 radical (unpaired) electrons. The van der Waals surface area contributed by atoms with Crippen molar-refractivity contribution in [2.45, 2.75) is 35.9 Å². The molecule has 1 aromatic carbocycles. The summed E-state index contributed by atoms with van der Waals surface area (Å²) in [6, 6.07) is 10.5. The topological polar surface area (TPSA) is 92.5 Å². The zero-order valence-corrected chi connectivity index (χ0v) is 19.0. The first-order chi connectivity index (χ1) is 14.9. The first-order valence-electron chi connectivity index (χ1n) is 9.95. The van der Waals surface area contributed by atoms with E-state index in [0.29, 0.717) is 53.2 Å². The third-order valence-electron chi connectivity index (χ3n) is 5.18. The number of amides is 1. The van der Waals surface area contributed by atoms with Gasteiger partial charge in [0.25, 0.3) is 0 Å². The maximum atomic E-state index is 12.6. The van der Waals surface area contributed by atoms with Crippen molar-refractivity contribution in [3.05, 3.63) is 58.9 Å². The predicted molar refractivity (Wildman–Crippen MR) is 120 cm³/mol. The summed E-state index contributed by atoms with van der Waals surface area (Å²) in [6.07, 6.45) is 3.48. The summed E-state index contributed by atoms with van der Waals surface area (Å²) in [5, 5.41) is 2.32. The molecule has 1 aliphatic heterocycles. The Hall–Kier alpha value is -2.20. The highest BCUT2D eigenvalue weighted by Crippen LogP contribution is 2.28. The number of carbonyl (C=O) groups excluding carboxylic acids is 1. The number of benzene rings is 1. The molecule has 31 heavy (non-hydrogen) atoms. The molecule has 0 aliphatic carbocycles. The third-order valence-corrected chi connectivity index (χ3v) is 8.42. The fourth-order valence-electron chi connectivity index (χ4n) is 3.52. The Morgan fingerprint density at radius 3 is 2.71 bits per heavy atom. The summed E-state index contributed by atoms with van der Waals surface area (Å²) in [4.78, 5) is 18.6. The van der Waals surface area contributed by atoms with Gasteiger partial charge in [-0.3, -0.25) is 4.79 Å². The summed E-state index contributed by atoms with van der Waals surface area (Å²) in [5.74, 6) is 1.07. The van der Waals surface area contributed by atoms with Crippen LogP contribution in [0, 0.1) is 0 Å². The second-order valence-corrected chi connectivity index (χ2v) is 10.6. The highest BCUT2D eigenvalue weighted by Gasteiger charge is 2.27. The van der Waals surface area contributed by atoms with Gasteiger partial charge >= 0.3 is 0 Å². The van der Waals surface area contributed by atoms with Crippen molar-refractivity contribution in [2.75, 3.05) is 13.1 Å². The lowest BCUT2D eigenvalue weighted by Crippen LogP contribution is -2.46. The fraction of sp³-hybridized carbons (Fsp3) is 0.333. The average Bonchev–Trinajstić information content (AvgIpc) is 3.45. The highest BCUT2D eigenvalue weighted by atomic mass is 35.5. The van der Waals surface area contributed by atoms with Gasteiger partial charge in [-0.15, -0.1) is 11.3 Å². The van der Waals surface area contributed by atoms with E-state index in [0.717, 1.165) is 5.56 Å². The van der Waals surface area contributed by atoms with E-state index >= 15 is 0 Å². The summed E-state index contributed by atoms with van der Waals surface area (Å²) in [7, 11) is -3.49. The number of rotatable bonds is 7. The van der Waals surface area contributed by atoms with Crippen molar-refractivity contribution in [2.24, 2.45) is 0 Å². The van der Waals surface area contributed by atoms with E-state index in [1.54, 1.807) is 34.7 Å². The van der Waals surface area contributed by atoms with E-state index < -0.39 is 10.0 Å². The molecule has 1 amide bonds. The minimum absolute atomic E-state index is 0.0112. The van der Waals surface area contributed by atoms with E-state index in [1.165, 1.54) is 11.3 Å². The first-order valence-corrected chi connectivity index (χ1v) is 12.7. The van der Waals surface area contributed by atoms with E-state index in [2.05, 4.69) is 9.71 Å². The van der Waals surface area contributed by atoms with Gasteiger partial charge in [0.1, 0.15) is 4.21 Å². The third kappa shape index (κ3) is 5.35. The minimum Gasteiger partial charge on any atom is -0.441 e. The van der Waals surface area contributed by atoms with Gasteiger partial charge in [0.2, 0.25) is 15.9 Å². The molecule has 164 valence electrons. The SMILES string of the molecule is O=C(CCc1ncc(-c2ccccc2Cl)o1)N1CCC(NS(=O)(=O)c2cccs2)CC1. The van der Waals surface area contributed by atoms with Gasteiger partial charge in [-0.2, -0.15) is 0 Å². The second-order valence-electron chi connectivity index (χ2n) is 7.31. The zero-order chi connectivity index (χ0) is 21.8. The highest BCUT2D eigenvalue weighted by molar-refractivity contribution is 7.91. The van der Waals surface area contributed by atoms with Crippen LogP contribution in [0.15, 0.2) is 56.6 Å². The lowest BCUT2D eigenvalue weighted by atomic mass is 10.1. The molecule has 10 heteroatoms. The first kappa shape index (κ1) is 22.0. The molecule has 1 N–H and O–H groups in total. The summed E-state index contributed by atoms with van der Waals surface area (Å²) in [5.41, 5.74) is 0.765. The summed E-state index contributed by atoms with van der Waals surface area (Å²) >= 11 is 7.38. The fourth-order valence-corrected chi connectivity index (χ4v) is 6.07. The van der Waals surface area contributed by atoms with Gasteiger partial charge in [0.05, 0.1) is 11.2 Å². The predicted octanol–water partition coefficient (Wildman–Crippen LogP) is 3.96. The molecular weight excluding hydrogens is 458 g/mol. The molecule has 1 saturated heterocycles. The van der Waals surface area contributed by atoms with Gasteiger partial charge in [0.15, 0.2) is 11.7 Å². The number of likely N-dealkylation sites (tertiary alicyclic amines) is 1. The standard InChI is InChI=1S/C21H22ClN3O4S2/c22-17-5-2-1-4-16(17)18-14-23-19(29-18)7-8-20(26)25-11-9-15(10-12-25)24-31(27,28)21-6-3-13-30-21/h1-6,13-15,24H,7-12H2. The van der Waals surface area contributed by atoms with Gasteiger partial charge in [-0.05, 0) is 36.4 Å². The van der Waals surface area contributed by atoms with Gasteiger partial charge in [0, 0.05) is 37.5 Å². The number of piperidine rings is 1. The number of aryl methyl sites for hydroxylation is 1. The van der Waals surface area contributed by atoms with Crippen LogP contribution in [0.2, 0.25) is 5.02 Å². The van der Waals surface area contributed by atoms with E-state index in [9.17, 15) is 13.2 Å². The van der Waals surface area contributed by atoms with Crippen molar-refractivity contribution in [3.8, 4) is 11.3 Å². The number of aromatic nitrogens is 1. The van der Waals surface area contributed by atoms with Gasteiger partial charge in [-0.1, -0.05) is 29.8 Å². The number of carbonyl (C=O) groups is 1. The van der Waals surface area contributed by atoms with Crippen LogP contribution < -0.4 is 4.72 Å². The number of halogens is 1. The van der Waals surface area contributed by atoms with Crippen molar-refractivity contribution in [1.29, 1.82) is 0 Å². The molecule has 1 aliphatic rings. The van der Waals surface area contributed by atoms with Crippen LogP contribution >= 0.6 is 22.9 Å². The summed E-state index contributed by atoms with van der Waals surface area (Å²) in [6.45, 7) is 1.04. The van der Waals surface area contributed by atoms with E-state index in [-0.39, 0.29) is 18.4 Å². The second kappa shape index (κ2) is 9.52. The maximum absolute atomic E-state index is 12.6. The summed E-state index contributed by atoms with van der Waals surface area (Å²) < 4.78 is 33.5. The van der Waals surface area contributed by atoms with Crippen molar-refractivity contribution in [3.63, 3.8) is 0 Å². The zero-order valence-electron chi connectivity index (χ0n) is 16.7. The normalized spacial score (nSPS) is 15.3.